The number of aliphatic hydroxyl groups is 1. The fourth-order valence-corrected chi connectivity index (χ4v) is 2.50. The predicted molar refractivity (Wildman–Crippen MR) is 73.2 cm³/mol. The van der Waals surface area contributed by atoms with Crippen molar-refractivity contribution in [3.63, 3.8) is 0 Å². The first-order valence-corrected chi connectivity index (χ1v) is 6.81. The van der Waals surface area contributed by atoms with E-state index < -0.39 is 0 Å². The highest BCUT2D eigenvalue weighted by molar-refractivity contribution is 5.99. The number of carbonyl (C=O) groups is 1. The van der Waals surface area contributed by atoms with E-state index in [4.69, 9.17) is 4.74 Å². The third kappa shape index (κ3) is 3.23. The molecule has 1 N–H and O–H groups in total. The first-order valence-electron chi connectivity index (χ1n) is 6.81. The standard InChI is InChI=1S/C15H20FNO3/c1-10-9-20-14(8-18)7-17(10)11(2)15(19)12-3-5-13(16)6-4-12/h3-6,10-11,14,18H,7-9H2,1-2H3. The van der Waals surface area contributed by atoms with Crippen molar-refractivity contribution >= 4 is 5.78 Å². The summed E-state index contributed by atoms with van der Waals surface area (Å²) in [7, 11) is 0. The average Bonchev–Trinajstić information content (AvgIpc) is 2.47. The Morgan fingerprint density at radius 3 is 2.75 bits per heavy atom. The van der Waals surface area contributed by atoms with E-state index in [0.717, 1.165) is 0 Å². The first-order chi connectivity index (χ1) is 9.52. The van der Waals surface area contributed by atoms with Crippen LogP contribution in [0.2, 0.25) is 0 Å². The molecule has 5 heteroatoms. The number of halogens is 1. The van der Waals surface area contributed by atoms with Crippen molar-refractivity contribution in [1.82, 2.24) is 4.90 Å². The number of nitrogens with zero attached hydrogens (tertiary/aromatic N) is 1. The Kier molecular flexibility index (Phi) is 4.86. The van der Waals surface area contributed by atoms with Gasteiger partial charge in [0.15, 0.2) is 5.78 Å². The summed E-state index contributed by atoms with van der Waals surface area (Å²) in [6.45, 7) is 4.78. The van der Waals surface area contributed by atoms with E-state index in [1.165, 1.54) is 24.3 Å². The number of morpholine rings is 1. The van der Waals surface area contributed by atoms with Crippen LogP contribution >= 0.6 is 0 Å². The molecule has 0 saturated carbocycles. The van der Waals surface area contributed by atoms with E-state index in [1.807, 2.05) is 18.7 Å². The molecular weight excluding hydrogens is 261 g/mol. The molecule has 1 heterocycles. The lowest BCUT2D eigenvalue weighted by atomic mass is 10.0. The number of hydrogen-bond acceptors (Lipinski definition) is 4. The molecule has 110 valence electrons. The number of rotatable bonds is 4. The maximum absolute atomic E-state index is 12.9. The van der Waals surface area contributed by atoms with Crippen molar-refractivity contribution in [2.24, 2.45) is 0 Å². The maximum atomic E-state index is 12.9. The zero-order valence-corrected chi connectivity index (χ0v) is 11.8. The fourth-order valence-electron chi connectivity index (χ4n) is 2.50. The van der Waals surface area contributed by atoms with Crippen LogP contribution in [-0.2, 0) is 4.74 Å². The van der Waals surface area contributed by atoms with Gasteiger partial charge in [-0.05, 0) is 38.1 Å². The number of Topliss-reactive ketones (excluding diaryl/α,β-unsaturated/α-hetero) is 1. The maximum Gasteiger partial charge on any atom is 0.179 e. The van der Waals surface area contributed by atoms with Gasteiger partial charge in [-0.25, -0.2) is 4.39 Å². The number of carbonyl (C=O) groups excluding carboxylic acids is 1. The number of ether oxygens (including phenoxy) is 1. The molecule has 1 aromatic rings. The van der Waals surface area contributed by atoms with Crippen LogP contribution in [0, 0.1) is 5.82 Å². The highest BCUT2D eigenvalue weighted by Crippen LogP contribution is 2.18. The van der Waals surface area contributed by atoms with Crippen molar-refractivity contribution in [2.75, 3.05) is 19.8 Å². The summed E-state index contributed by atoms with van der Waals surface area (Å²) in [5.74, 6) is -0.398. The van der Waals surface area contributed by atoms with Crippen LogP contribution in [0.15, 0.2) is 24.3 Å². The quantitative estimate of drug-likeness (QED) is 0.849. The van der Waals surface area contributed by atoms with Crippen LogP contribution in [0.1, 0.15) is 24.2 Å². The van der Waals surface area contributed by atoms with E-state index >= 15 is 0 Å². The Morgan fingerprint density at radius 2 is 2.15 bits per heavy atom. The van der Waals surface area contributed by atoms with Crippen molar-refractivity contribution in [1.29, 1.82) is 0 Å². The monoisotopic (exact) mass is 281 g/mol. The number of aliphatic hydroxyl groups excluding tert-OH is 1. The molecule has 0 bridgehead atoms. The zero-order chi connectivity index (χ0) is 14.7. The third-order valence-electron chi connectivity index (χ3n) is 3.76. The van der Waals surface area contributed by atoms with Crippen LogP contribution in [0.5, 0.6) is 0 Å². The second-order valence-electron chi connectivity index (χ2n) is 5.23. The zero-order valence-electron chi connectivity index (χ0n) is 11.8. The molecule has 1 aliphatic rings. The van der Waals surface area contributed by atoms with Gasteiger partial charge in [0, 0.05) is 18.2 Å². The summed E-state index contributed by atoms with van der Waals surface area (Å²) in [4.78, 5) is 14.5. The summed E-state index contributed by atoms with van der Waals surface area (Å²) in [6.07, 6.45) is -0.255. The topological polar surface area (TPSA) is 49.8 Å². The Hall–Kier alpha value is -1.30. The molecule has 1 fully saturated rings. The molecular formula is C15H20FNO3. The van der Waals surface area contributed by atoms with Gasteiger partial charge >= 0.3 is 0 Å². The van der Waals surface area contributed by atoms with Crippen molar-refractivity contribution in [2.45, 2.75) is 32.0 Å². The molecule has 2 rings (SSSR count). The smallest absolute Gasteiger partial charge is 0.179 e. The van der Waals surface area contributed by atoms with Gasteiger partial charge in [-0.1, -0.05) is 0 Å². The van der Waals surface area contributed by atoms with Crippen molar-refractivity contribution in [3.05, 3.63) is 35.6 Å². The van der Waals surface area contributed by atoms with Gasteiger partial charge in [0.1, 0.15) is 5.82 Å². The lowest BCUT2D eigenvalue weighted by Gasteiger charge is -2.40. The molecule has 0 aromatic heterocycles. The lowest BCUT2D eigenvalue weighted by Crippen LogP contribution is -2.55. The minimum absolute atomic E-state index is 0.0459. The molecule has 1 saturated heterocycles. The summed E-state index contributed by atoms with van der Waals surface area (Å²) in [5, 5.41) is 9.18. The van der Waals surface area contributed by atoms with E-state index in [-0.39, 0.29) is 36.4 Å². The summed E-state index contributed by atoms with van der Waals surface area (Å²) < 4.78 is 18.4. The molecule has 4 nitrogen and oxygen atoms in total. The Balaban J connectivity index is 2.10. The molecule has 0 radical (unpaired) electrons. The van der Waals surface area contributed by atoms with Crippen LogP contribution < -0.4 is 0 Å². The SMILES string of the molecule is CC1COC(CO)CN1C(C)C(=O)c1ccc(F)cc1. The Labute approximate surface area is 118 Å². The largest absolute Gasteiger partial charge is 0.394 e. The second kappa shape index (κ2) is 6.43. The van der Waals surface area contributed by atoms with Gasteiger partial charge < -0.3 is 9.84 Å². The summed E-state index contributed by atoms with van der Waals surface area (Å²) in [5.41, 5.74) is 0.498. The third-order valence-corrected chi connectivity index (χ3v) is 3.76. The van der Waals surface area contributed by atoms with E-state index in [1.54, 1.807) is 0 Å². The van der Waals surface area contributed by atoms with Crippen molar-refractivity contribution in [3.8, 4) is 0 Å². The van der Waals surface area contributed by atoms with Gasteiger partial charge in [-0.2, -0.15) is 0 Å². The van der Waals surface area contributed by atoms with Gasteiger partial charge in [-0.3, -0.25) is 9.69 Å². The number of benzene rings is 1. The van der Waals surface area contributed by atoms with E-state index in [0.29, 0.717) is 18.7 Å². The number of hydrogen-bond donors (Lipinski definition) is 1. The minimum atomic E-state index is -0.353. The van der Waals surface area contributed by atoms with Crippen LogP contribution in [0.25, 0.3) is 0 Å². The van der Waals surface area contributed by atoms with Crippen molar-refractivity contribution < 1.29 is 19.0 Å². The van der Waals surface area contributed by atoms with Gasteiger partial charge in [0.25, 0.3) is 0 Å². The normalized spacial score (nSPS) is 25.4. The minimum Gasteiger partial charge on any atom is -0.394 e. The lowest BCUT2D eigenvalue weighted by molar-refractivity contribution is -0.0846. The van der Waals surface area contributed by atoms with Crippen LogP contribution in [0.3, 0.4) is 0 Å². The Morgan fingerprint density at radius 1 is 1.50 bits per heavy atom. The van der Waals surface area contributed by atoms with Gasteiger partial charge in [0.2, 0.25) is 0 Å². The summed E-state index contributed by atoms with van der Waals surface area (Å²) in [6, 6.07) is 5.37. The molecule has 0 aliphatic carbocycles. The van der Waals surface area contributed by atoms with Gasteiger partial charge in [-0.15, -0.1) is 0 Å². The Bertz CT molecular complexity index is 463. The molecule has 0 spiro atoms. The first kappa shape index (κ1) is 15.1. The predicted octanol–water partition coefficient (Wildman–Crippen LogP) is 1.48. The van der Waals surface area contributed by atoms with Crippen LogP contribution in [-0.4, -0.2) is 53.7 Å². The summed E-state index contributed by atoms with van der Waals surface area (Å²) >= 11 is 0. The van der Waals surface area contributed by atoms with Gasteiger partial charge in [0.05, 0.1) is 25.4 Å². The van der Waals surface area contributed by atoms with E-state index in [9.17, 15) is 14.3 Å². The van der Waals surface area contributed by atoms with Crippen LogP contribution in [0.4, 0.5) is 4.39 Å². The molecule has 1 aromatic carbocycles. The fraction of sp³-hybridized carbons (Fsp3) is 0.533. The molecule has 0 amide bonds. The molecule has 1 aliphatic heterocycles. The second-order valence-corrected chi connectivity index (χ2v) is 5.23. The van der Waals surface area contributed by atoms with E-state index in [2.05, 4.69) is 0 Å². The average molecular weight is 281 g/mol. The number of ketones is 1. The molecule has 20 heavy (non-hydrogen) atoms. The molecule has 3 unspecified atom stereocenters. The highest BCUT2D eigenvalue weighted by Gasteiger charge is 2.32. The highest BCUT2D eigenvalue weighted by atomic mass is 19.1. The molecule has 3 atom stereocenters.